The van der Waals surface area contributed by atoms with Gasteiger partial charge in [-0.3, -0.25) is 4.90 Å². The lowest BCUT2D eigenvalue weighted by Crippen LogP contribution is -2.49. The second-order valence-electron chi connectivity index (χ2n) is 16.3. The molecular weight excluding hydrogens is 713 g/mol. The summed E-state index contributed by atoms with van der Waals surface area (Å²) in [6.07, 6.45) is 23.3. The predicted molar refractivity (Wildman–Crippen MR) is 239 cm³/mol. The Bertz CT molecular complexity index is 1690. The number of hydrogen-bond acceptors (Lipinski definition) is 7. The molecule has 308 valence electrons. The SMILES string of the molecule is CCCCCCCCCC(CCCCCC)(CCCCCC)NC(=O)Oc1ccc2ccc(OCCCCN3CCN(c4cccc5sccc45)CC3)cc2n1. The summed E-state index contributed by atoms with van der Waals surface area (Å²) < 4.78 is 13.5. The lowest BCUT2D eigenvalue weighted by Gasteiger charge is -2.36. The third-order valence-corrected chi connectivity index (χ3v) is 12.7. The molecule has 0 saturated carbocycles. The number of carbonyl (C=O) groups is 1. The third kappa shape index (κ3) is 14.2. The topological polar surface area (TPSA) is 66.9 Å². The number of rotatable bonds is 27. The van der Waals surface area contributed by atoms with Gasteiger partial charge in [-0.1, -0.05) is 123 Å². The van der Waals surface area contributed by atoms with Gasteiger partial charge in [0.25, 0.3) is 0 Å². The standard InChI is InChI=1S/C48H72N4O3S/c1-4-7-10-13-14-15-18-31-48(29-16-11-8-5-2,30-17-12-9-6-3)50-47(53)55-46-27-25-40-24-26-41(39-43(40)49-46)54-37-20-19-32-51-33-35-52(36-34-51)44-22-21-23-45-42(44)28-38-56-45/h21-28,38-39H,4-20,29-37H2,1-3H3,(H,50,53). The van der Waals surface area contributed by atoms with Crippen molar-refractivity contribution in [1.82, 2.24) is 15.2 Å². The van der Waals surface area contributed by atoms with Crippen molar-refractivity contribution < 1.29 is 14.3 Å². The average molecular weight is 785 g/mol. The Morgan fingerprint density at radius 1 is 0.732 bits per heavy atom. The van der Waals surface area contributed by atoms with Crippen LogP contribution in [0.5, 0.6) is 11.6 Å². The Labute approximate surface area is 342 Å². The second kappa shape index (κ2) is 24.4. The van der Waals surface area contributed by atoms with E-state index in [1.807, 2.05) is 41.7 Å². The van der Waals surface area contributed by atoms with Gasteiger partial charge in [0.15, 0.2) is 0 Å². The molecule has 0 bridgehead atoms. The van der Waals surface area contributed by atoms with E-state index in [2.05, 4.69) is 65.5 Å². The van der Waals surface area contributed by atoms with Crippen LogP contribution in [0, 0.1) is 0 Å². The van der Waals surface area contributed by atoms with Crippen LogP contribution >= 0.6 is 11.3 Å². The zero-order chi connectivity index (χ0) is 39.3. The average Bonchev–Trinajstić information content (AvgIpc) is 3.70. The highest BCUT2D eigenvalue weighted by Crippen LogP contribution is 2.32. The van der Waals surface area contributed by atoms with Gasteiger partial charge < -0.3 is 19.7 Å². The van der Waals surface area contributed by atoms with Crippen LogP contribution in [0.4, 0.5) is 10.5 Å². The Kier molecular flexibility index (Phi) is 19.1. The molecule has 8 heteroatoms. The van der Waals surface area contributed by atoms with E-state index in [4.69, 9.17) is 14.5 Å². The number of nitrogens with one attached hydrogen (secondary N) is 1. The van der Waals surface area contributed by atoms with E-state index >= 15 is 0 Å². The number of thiophene rings is 1. The van der Waals surface area contributed by atoms with Gasteiger partial charge in [0.1, 0.15) is 5.75 Å². The van der Waals surface area contributed by atoms with Crippen molar-refractivity contribution in [3.63, 3.8) is 0 Å². The van der Waals surface area contributed by atoms with Crippen molar-refractivity contribution in [3.05, 3.63) is 60.0 Å². The molecule has 1 aliphatic rings. The first-order chi connectivity index (χ1) is 27.5. The first kappa shape index (κ1) is 43.8. The highest BCUT2D eigenvalue weighted by atomic mass is 32.1. The number of unbranched alkanes of at least 4 members (excludes halogenated alkanes) is 13. The van der Waals surface area contributed by atoms with E-state index in [0.717, 1.165) is 101 Å². The minimum atomic E-state index is -0.376. The van der Waals surface area contributed by atoms with Crippen LogP contribution in [0.25, 0.3) is 21.0 Å². The molecule has 0 aliphatic carbocycles. The van der Waals surface area contributed by atoms with Crippen molar-refractivity contribution in [3.8, 4) is 11.6 Å². The number of ether oxygens (including phenoxy) is 2. The fourth-order valence-electron chi connectivity index (χ4n) is 8.42. The van der Waals surface area contributed by atoms with Gasteiger partial charge in [-0.2, -0.15) is 0 Å². The fraction of sp³-hybridized carbons (Fsp3) is 0.625. The van der Waals surface area contributed by atoms with Crippen molar-refractivity contribution >= 4 is 44.1 Å². The largest absolute Gasteiger partial charge is 0.494 e. The molecule has 5 rings (SSSR count). The summed E-state index contributed by atoms with van der Waals surface area (Å²) in [6, 6.07) is 18.8. The molecule has 7 nitrogen and oxygen atoms in total. The summed E-state index contributed by atoms with van der Waals surface area (Å²) in [5, 5.41) is 8.03. The van der Waals surface area contributed by atoms with Crippen LogP contribution in [0.15, 0.2) is 60.0 Å². The molecule has 1 amide bonds. The molecule has 1 N–H and O–H groups in total. The molecule has 1 fully saturated rings. The number of carbonyl (C=O) groups excluding carboxylic acids is 1. The molecule has 2 aromatic heterocycles. The molecule has 0 atom stereocenters. The summed E-state index contributed by atoms with van der Waals surface area (Å²) in [7, 11) is 0. The highest BCUT2D eigenvalue weighted by molar-refractivity contribution is 7.17. The normalized spacial score (nSPS) is 13.8. The second-order valence-corrected chi connectivity index (χ2v) is 17.2. The molecule has 2 aromatic carbocycles. The number of hydrogen-bond donors (Lipinski definition) is 1. The molecule has 0 radical (unpaired) electrons. The number of fused-ring (bicyclic) bond motifs is 2. The van der Waals surface area contributed by atoms with Crippen LogP contribution in [-0.2, 0) is 0 Å². The van der Waals surface area contributed by atoms with Crippen LogP contribution in [0.2, 0.25) is 0 Å². The zero-order valence-electron chi connectivity index (χ0n) is 35.1. The molecular formula is C48H72N4O3S. The number of piperazine rings is 1. The number of pyridine rings is 1. The third-order valence-electron chi connectivity index (χ3n) is 11.8. The van der Waals surface area contributed by atoms with Gasteiger partial charge in [-0.25, -0.2) is 9.78 Å². The maximum Gasteiger partial charge on any atom is 0.414 e. The molecule has 0 spiro atoms. The van der Waals surface area contributed by atoms with Crippen molar-refractivity contribution in [2.24, 2.45) is 0 Å². The monoisotopic (exact) mass is 785 g/mol. The lowest BCUT2D eigenvalue weighted by atomic mass is 9.81. The lowest BCUT2D eigenvalue weighted by molar-refractivity contribution is 0.167. The first-order valence-electron chi connectivity index (χ1n) is 22.5. The van der Waals surface area contributed by atoms with Gasteiger partial charge in [0, 0.05) is 65.0 Å². The van der Waals surface area contributed by atoms with Gasteiger partial charge in [-0.15, -0.1) is 11.3 Å². The van der Waals surface area contributed by atoms with Crippen molar-refractivity contribution in [2.75, 3.05) is 44.2 Å². The van der Waals surface area contributed by atoms with Crippen LogP contribution in [-0.4, -0.2) is 60.8 Å². The molecule has 4 aromatic rings. The zero-order valence-corrected chi connectivity index (χ0v) is 35.9. The number of amides is 1. The van der Waals surface area contributed by atoms with Crippen molar-refractivity contribution in [1.29, 1.82) is 0 Å². The number of nitrogens with zero attached hydrogens (tertiary/aromatic N) is 3. The highest BCUT2D eigenvalue weighted by Gasteiger charge is 2.31. The fourth-order valence-corrected chi connectivity index (χ4v) is 9.23. The summed E-state index contributed by atoms with van der Waals surface area (Å²) in [5.41, 5.74) is 1.92. The summed E-state index contributed by atoms with van der Waals surface area (Å²) >= 11 is 1.82. The number of anilines is 1. The minimum absolute atomic E-state index is 0.229. The molecule has 1 aliphatic heterocycles. The smallest absolute Gasteiger partial charge is 0.414 e. The maximum atomic E-state index is 13.6. The van der Waals surface area contributed by atoms with Crippen LogP contribution in [0.3, 0.4) is 0 Å². The van der Waals surface area contributed by atoms with Gasteiger partial charge in [-0.05, 0) is 80.4 Å². The molecule has 3 heterocycles. The minimum Gasteiger partial charge on any atom is -0.494 e. The Morgan fingerprint density at radius 3 is 2.07 bits per heavy atom. The quantitative estimate of drug-likeness (QED) is 0.0608. The molecule has 56 heavy (non-hydrogen) atoms. The molecule has 0 unspecified atom stereocenters. The summed E-state index contributed by atoms with van der Waals surface area (Å²) in [5.74, 6) is 1.14. The van der Waals surface area contributed by atoms with Gasteiger partial charge in [0.2, 0.25) is 5.88 Å². The summed E-state index contributed by atoms with van der Waals surface area (Å²) in [4.78, 5) is 23.5. The van der Waals surface area contributed by atoms with Crippen molar-refractivity contribution in [2.45, 2.75) is 155 Å². The summed E-state index contributed by atoms with van der Waals surface area (Å²) in [6.45, 7) is 12.9. The number of benzene rings is 2. The van der Waals surface area contributed by atoms with E-state index in [0.29, 0.717) is 12.5 Å². The molecule has 1 saturated heterocycles. The van der Waals surface area contributed by atoms with E-state index in [1.165, 1.54) is 92.8 Å². The van der Waals surface area contributed by atoms with Gasteiger partial charge >= 0.3 is 6.09 Å². The van der Waals surface area contributed by atoms with Crippen LogP contribution < -0.4 is 19.7 Å². The number of aromatic nitrogens is 1. The van der Waals surface area contributed by atoms with E-state index in [-0.39, 0.29) is 11.6 Å². The Morgan fingerprint density at radius 2 is 1.38 bits per heavy atom. The van der Waals surface area contributed by atoms with Crippen LogP contribution in [0.1, 0.15) is 149 Å². The maximum absolute atomic E-state index is 13.6. The first-order valence-corrected chi connectivity index (χ1v) is 23.4. The Balaban J connectivity index is 1.10. The van der Waals surface area contributed by atoms with E-state index in [9.17, 15) is 4.79 Å². The van der Waals surface area contributed by atoms with Gasteiger partial charge in [0.05, 0.1) is 12.1 Å². The Hall–Kier alpha value is -3.36. The van der Waals surface area contributed by atoms with E-state index < -0.39 is 0 Å². The van der Waals surface area contributed by atoms with E-state index in [1.54, 1.807) is 0 Å². The predicted octanol–water partition coefficient (Wildman–Crippen LogP) is 13.3.